The van der Waals surface area contributed by atoms with Gasteiger partial charge < -0.3 is 5.43 Å². The first-order chi connectivity index (χ1) is 6.68. The first-order valence-electron chi connectivity index (χ1n) is 4.28. The molecule has 0 spiro atoms. The van der Waals surface area contributed by atoms with Gasteiger partial charge in [0, 0.05) is 6.04 Å². The summed E-state index contributed by atoms with van der Waals surface area (Å²) in [5, 5.41) is 0.374. The van der Waals surface area contributed by atoms with Crippen LogP contribution in [-0.4, -0.2) is 25.7 Å². The van der Waals surface area contributed by atoms with E-state index < -0.39 is 0 Å². The smallest absolute Gasteiger partial charge is 0.183 e. The molecular formula is C8H10ClN5. The van der Waals surface area contributed by atoms with E-state index in [9.17, 15) is 0 Å². The van der Waals surface area contributed by atoms with Gasteiger partial charge in [-0.1, -0.05) is 11.6 Å². The molecule has 0 fully saturated rings. The highest BCUT2D eigenvalue weighted by molar-refractivity contribution is 6.33. The van der Waals surface area contributed by atoms with Gasteiger partial charge in [0.2, 0.25) is 0 Å². The number of aromatic nitrogens is 4. The third kappa shape index (κ3) is 1.50. The topological polar surface area (TPSA) is 55.6 Å². The Bertz CT molecular complexity index is 450. The predicted molar refractivity (Wildman–Crippen MR) is 54.8 cm³/mol. The van der Waals surface area contributed by atoms with E-state index in [2.05, 4.69) is 20.4 Å². The van der Waals surface area contributed by atoms with Crippen LogP contribution in [0, 0.1) is 0 Å². The molecule has 0 aliphatic carbocycles. The molecule has 0 saturated heterocycles. The van der Waals surface area contributed by atoms with Crippen LogP contribution in [-0.2, 0) is 0 Å². The lowest BCUT2D eigenvalue weighted by molar-refractivity contribution is 0.745. The Hall–Kier alpha value is -1.36. The normalized spacial score (nSPS) is 11.1. The van der Waals surface area contributed by atoms with Crippen LogP contribution in [0.25, 0.3) is 11.2 Å². The number of rotatable bonds is 2. The molecule has 74 valence electrons. The van der Waals surface area contributed by atoms with E-state index in [-0.39, 0.29) is 0 Å². The van der Waals surface area contributed by atoms with Gasteiger partial charge >= 0.3 is 0 Å². The molecule has 0 unspecified atom stereocenters. The molecule has 0 aliphatic rings. The fraction of sp³-hybridized carbons (Fsp3) is 0.375. The number of nitrogens with zero attached hydrogens (tertiary/aromatic N) is 4. The molecule has 14 heavy (non-hydrogen) atoms. The molecule has 0 bridgehead atoms. The predicted octanol–water partition coefficient (Wildman–Crippen LogP) is 1.43. The van der Waals surface area contributed by atoms with Crippen molar-refractivity contribution in [2.45, 2.75) is 19.9 Å². The van der Waals surface area contributed by atoms with Crippen LogP contribution in [0.2, 0.25) is 5.15 Å². The standard InChI is InChI=1S/C8H10ClN5/c1-5(2)13-14-4-12-6-7(9)10-3-11-8(6)14/h3-5,13H,1-2H3. The van der Waals surface area contributed by atoms with Crippen molar-refractivity contribution in [2.24, 2.45) is 0 Å². The lowest BCUT2D eigenvalue weighted by atomic mass is 10.4. The summed E-state index contributed by atoms with van der Waals surface area (Å²) < 4.78 is 1.74. The molecule has 5 nitrogen and oxygen atoms in total. The van der Waals surface area contributed by atoms with Crippen molar-refractivity contribution in [1.82, 2.24) is 19.6 Å². The van der Waals surface area contributed by atoms with Crippen LogP contribution < -0.4 is 5.43 Å². The molecule has 2 aromatic rings. The van der Waals surface area contributed by atoms with Gasteiger partial charge in [0.25, 0.3) is 0 Å². The molecule has 1 N–H and O–H groups in total. The maximum absolute atomic E-state index is 5.85. The van der Waals surface area contributed by atoms with Crippen LogP contribution in [0.3, 0.4) is 0 Å². The Labute approximate surface area is 86.1 Å². The Balaban J connectivity index is 2.52. The van der Waals surface area contributed by atoms with Gasteiger partial charge in [-0.05, 0) is 13.8 Å². The minimum atomic E-state index is 0.307. The summed E-state index contributed by atoms with van der Waals surface area (Å²) in [6.07, 6.45) is 3.07. The number of hydrogen-bond acceptors (Lipinski definition) is 4. The second-order valence-corrected chi connectivity index (χ2v) is 3.59. The van der Waals surface area contributed by atoms with Gasteiger partial charge in [-0.3, -0.25) is 0 Å². The van der Waals surface area contributed by atoms with Gasteiger partial charge in [-0.25, -0.2) is 19.6 Å². The van der Waals surface area contributed by atoms with Crippen molar-refractivity contribution in [3.63, 3.8) is 0 Å². The first-order valence-corrected chi connectivity index (χ1v) is 4.66. The molecule has 2 aromatic heterocycles. The molecular weight excluding hydrogens is 202 g/mol. The van der Waals surface area contributed by atoms with Crippen LogP contribution in [0.5, 0.6) is 0 Å². The van der Waals surface area contributed by atoms with Crippen molar-refractivity contribution in [1.29, 1.82) is 0 Å². The highest BCUT2D eigenvalue weighted by Gasteiger charge is 2.08. The summed E-state index contributed by atoms with van der Waals surface area (Å²) in [6.45, 7) is 4.07. The highest BCUT2D eigenvalue weighted by Crippen LogP contribution is 2.15. The van der Waals surface area contributed by atoms with Crippen molar-refractivity contribution in [3.05, 3.63) is 17.8 Å². The summed E-state index contributed by atoms with van der Waals surface area (Å²) in [5.41, 5.74) is 4.47. The molecule has 2 rings (SSSR count). The lowest BCUT2D eigenvalue weighted by Gasteiger charge is -2.10. The summed E-state index contributed by atoms with van der Waals surface area (Å²) in [5.74, 6) is 0. The summed E-state index contributed by atoms with van der Waals surface area (Å²) >= 11 is 5.85. The largest absolute Gasteiger partial charge is 0.321 e. The van der Waals surface area contributed by atoms with Crippen molar-refractivity contribution in [2.75, 3.05) is 5.43 Å². The van der Waals surface area contributed by atoms with Gasteiger partial charge in [0.05, 0.1) is 0 Å². The molecule has 2 heterocycles. The molecule has 0 atom stereocenters. The Morgan fingerprint density at radius 3 is 2.86 bits per heavy atom. The summed E-state index contributed by atoms with van der Waals surface area (Å²) in [4.78, 5) is 12.1. The maximum Gasteiger partial charge on any atom is 0.183 e. The Morgan fingerprint density at radius 1 is 1.36 bits per heavy atom. The van der Waals surface area contributed by atoms with Crippen LogP contribution in [0.4, 0.5) is 0 Å². The van der Waals surface area contributed by atoms with E-state index in [0.717, 1.165) is 0 Å². The van der Waals surface area contributed by atoms with Gasteiger partial charge in [0.1, 0.15) is 18.2 Å². The van der Waals surface area contributed by atoms with Crippen molar-refractivity contribution >= 4 is 22.8 Å². The van der Waals surface area contributed by atoms with E-state index in [4.69, 9.17) is 11.6 Å². The third-order valence-corrected chi connectivity index (χ3v) is 1.96. The average Bonchev–Trinajstić information content (AvgIpc) is 2.49. The molecule has 6 heteroatoms. The average molecular weight is 212 g/mol. The van der Waals surface area contributed by atoms with E-state index in [1.807, 2.05) is 13.8 Å². The van der Waals surface area contributed by atoms with Gasteiger partial charge in [-0.2, -0.15) is 0 Å². The minimum Gasteiger partial charge on any atom is -0.321 e. The number of hydrogen-bond donors (Lipinski definition) is 1. The van der Waals surface area contributed by atoms with E-state index in [1.165, 1.54) is 6.33 Å². The number of fused-ring (bicyclic) bond motifs is 1. The van der Waals surface area contributed by atoms with Crippen LogP contribution in [0.15, 0.2) is 12.7 Å². The van der Waals surface area contributed by atoms with E-state index in [1.54, 1.807) is 11.0 Å². The van der Waals surface area contributed by atoms with Crippen molar-refractivity contribution < 1.29 is 0 Å². The first kappa shape index (κ1) is 9.21. The van der Waals surface area contributed by atoms with Crippen LogP contribution >= 0.6 is 11.6 Å². The second-order valence-electron chi connectivity index (χ2n) is 3.24. The minimum absolute atomic E-state index is 0.307. The molecule has 0 aliphatic heterocycles. The van der Waals surface area contributed by atoms with E-state index in [0.29, 0.717) is 22.4 Å². The van der Waals surface area contributed by atoms with Crippen LogP contribution in [0.1, 0.15) is 13.8 Å². The monoisotopic (exact) mass is 211 g/mol. The molecule has 0 aromatic carbocycles. The lowest BCUT2D eigenvalue weighted by Crippen LogP contribution is -2.21. The highest BCUT2D eigenvalue weighted by atomic mass is 35.5. The Morgan fingerprint density at radius 2 is 2.14 bits per heavy atom. The fourth-order valence-corrected chi connectivity index (χ4v) is 1.36. The molecule has 0 amide bonds. The summed E-state index contributed by atoms with van der Waals surface area (Å²) in [6, 6.07) is 0.307. The number of nitrogens with one attached hydrogen (secondary N) is 1. The number of halogens is 1. The second kappa shape index (κ2) is 3.42. The zero-order chi connectivity index (χ0) is 10.1. The zero-order valence-electron chi connectivity index (χ0n) is 7.90. The Kier molecular flexibility index (Phi) is 2.25. The zero-order valence-corrected chi connectivity index (χ0v) is 8.65. The quantitative estimate of drug-likeness (QED) is 0.764. The number of imidazole rings is 1. The van der Waals surface area contributed by atoms with Gasteiger partial charge in [-0.15, -0.1) is 0 Å². The van der Waals surface area contributed by atoms with Crippen molar-refractivity contribution in [3.8, 4) is 0 Å². The molecule has 0 saturated carbocycles. The summed E-state index contributed by atoms with van der Waals surface area (Å²) in [7, 11) is 0. The SMILES string of the molecule is CC(C)Nn1cnc2c(Cl)ncnc21. The molecule has 0 radical (unpaired) electrons. The van der Waals surface area contributed by atoms with E-state index >= 15 is 0 Å². The maximum atomic E-state index is 5.85. The fourth-order valence-electron chi connectivity index (χ4n) is 1.18. The third-order valence-electron chi connectivity index (χ3n) is 1.69. The van der Waals surface area contributed by atoms with Gasteiger partial charge in [0.15, 0.2) is 10.8 Å².